The molecule has 1 unspecified atom stereocenters. The number of rotatable bonds is 5. The van der Waals surface area contributed by atoms with E-state index in [1.165, 1.54) is 0 Å². The second-order valence-electron chi connectivity index (χ2n) is 3.37. The molecule has 0 aliphatic heterocycles. The lowest BCUT2D eigenvalue weighted by molar-refractivity contribution is 0.565. The number of hydrogen-bond acceptors (Lipinski definition) is 4. The van der Waals surface area contributed by atoms with Crippen molar-refractivity contribution in [1.82, 2.24) is 14.3 Å². The minimum Gasteiger partial charge on any atom is -0.337 e. The van der Waals surface area contributed by atoms with E-state index in [1.54, 1.807) is 23.9 Å². The van der Waals surface area contributed by atoms with E-state index in [9.17, 15) is 8.42 Å². The SMILES string of the molecule is CC(CN)S(=O)(=O)NCc1nccn1C. The maximum atomic E-state index is 11.5. The number of aromatic nitrogens is 2. The Bertz CT molecular complexity index is 412. The zero-order chi connectivity index (χ0) is 11.5. The summed E-state index contributed by atoms with van der Waals surface area (Å²) >= 11 is 0. The molecule has 0 bridgehead atoms. The standard InChI is InChI=1S/C8H16N4O2S/c1-7(5-9)15(13,14)11-6-8-10-3-4-12(8)2/h3-4,7,11H,5-6,9H2,1-2H3. The molecule has 6 nitrogen and oxygen atoms in total. The van der Waals surface area contributed by atoms with Crippen LogP contribution in [-0.4, -0.2) is 29.8 Å². The Morgan fingerprint density at radius 2 is 2.33 bits per heavy atom. The van der Waals surface area contributed by atoms with Gasteiger partial charge in [0.2, 0.25) is 10.0 Å². The maximum absolute atomic E-state index is 11.5. The second-order valence-corrected chi connectivity index (χ2v) is 5.55. The van der Waals surface area contributed by atoms with Crippen LogP contribution in [0.3, 0.4) is 0 Å². The monoisotopic (exact) mass is 232 g/mol. The van der Waals surface area contributed by atoms with Gasteiger partial charge in [-0.05, 0) is 6.92 Å². The lowest BCUT2D eigenvalue weighted by Crippen LogP contribution is -2.37. The van der Waals surface area contributed by atoms with Crippen LogP contribution >= 0.6 is 0 Å². The van der Waals surface area contributed by atoms with Crippen LogP contribution < -0.4 is 10.5 Å². The molecule has 86 valence electrons. The number of hydrogen-bond donors (Lipinski definition) is 2. The van der Waals surface area contributed by atoms with Crippen molar-refractivity contribution in [3.05, 3.63) is 18.2 Å². The average Bonchev–Trinajstić information content (AvgIpc) is 2.60. The quantitative estimate of drug-likeness (QED) is 0.694. The molecule has 0 spiro atoms. The molecular weight excluding hydrogens is 216 g/mol. The first-order valence-corrected chi connectivity index (χ1v) is 6.16. The van der Waals surface area contributed by atoms with Crippen molar-refractivity contribution in [1.29, 1.82) is 0 Å². The van der Waals surface area contributed by atoms with Crippen molar-refractivity contribution in [3.63, 3.8) is 0 Å². The molecule has 1 atom stereocenters. The van der Waals surface area contributed by atoms with Gasteiger partial charge >= 0.3 is 0 Å². The van der Waals surface area contributed by atoms with Crippen LogP contribution in [0.4, 0.5) is 0 Å². The van der Waals surface area contributed by atoms with E-state index in [0.29, 0.717) is 5.82 Å². The molecule has 1 rings (SSSR count). The molecule has 0 aliphatic carbocycles. The first-order valence-electron chi connectivity index (χ1n) is 4.62. The van der Waals surface area contributed by atoms with Gasteiger partial charge in [-0.25, -0.2) is 18.1 Å². The van der Waals surface area contributed by atoms with Crippen molar-refractivity contribution in [2.24, 2.45) is 12.8 Å². The Kier molecular flexibility index (Phi) is 3.83. The summed E-state index contributed by atoms with van der Waals surface area (Å²) in [5.74, 6) is 0.669. The average molecular weight is 232 g/mol. The Balaban J connectivity index is 2.62. The molecule has 0 radical (unpaired) electrons. The molecule has 7 heteroatoms. The molecule has 3 N–H and O–H groups in total. The van der Waals surface area contributed by atoms with Gasteiger partial charge in [-0.15, -0.1) is 0 Å². The molecule has 0 aliphatic rings. The van der Waals surface area contributed by atoms with Crippen LogP contribution in [-0.2, 0) is 23.6 Å². The van der Waals surface area contributed by atoms with Gasteiger partial charge < -0.3 is 10.3 Å². The van der Waals surface area contributed by atoms with Gasteiger partial charge in [-0.3, -0.25) is 0 Å². The summed E-state index contributed by atoms with van der Waals surface area (Å²) in [5.41, 5.74) is 5.30. The van der Waals surface area contributed by atoms with Crippen molar-refractivity contribution < 1.29 is 8.42 Å². The molecule has 0 saturated carbocycles. The summed E-state index contributed by atoms with van der Waals surface area (Å²) in [6.45, 7) is 1.87. The van der Waals surface area contributed by atoms with Crippen molar-refractivity contribution in [2.75, 3.05) is 6.54 Å². The zero-order valence-corrected chi connectivity index (χ0v) is 9.66. The Morgan fingerprint density at radius 3 is 2.80 bits per heavy atom. The summed E-state index contributed by atoms with van der Waals surface area (Å²) in [4.78, 5) is 4.01. The molecule has 0 amide bonds. The van der Waals surface area contributed by atoms with E-state index >= 15 is 0 Å². The molecule has 0 saturated heterocycles. The summed E-state index contributed by atoms with van der Waals surface area (Å²) in [6.07, 6.45) is 3.38. The van der Waals surface area contributed by atoms with E-state index < -0.39 is 15.3 Å². The summed E-state index contributed by atoms with van der Waals surface area (Å²) < 4.78 is 27.3. The smallest absolute Gasteiger partial charge is 0.215 e. The van der Waals surface area contributed by atoms with E-state index in [4.69, 9.17) is 5.73 Å². The summed E-state index contributed by atoms with van der Waals surface area (Å²) in [6, 6.07) is 0. The van der Waals surface area contributed by atoms with Gasteiger partial charge in [-0.1, -0.05) is 0 Å². The highest BCUT2D eigenvalue weighted by molar-refractivity contribution is 7.90. The van der Waals surface area contributed by atoms with Gasteiger partial charge in [0.1, 0.15) is 5.82 Å². The molecular formula is C8H16N4O2S. The first-order chi connectivity index (χ1) is 6.97. The van der Waals surface area contributed by atoms with Crippen LogP contribution in [0.2, 0.25) is 0 Å². The lowest BCUT2D eigenvalue weighted by Gasteiger charge is -2.11. The largest absolute Gasteiger partial charge is 0.337 e. The number of nitrogens with two attached hydrogens (primary N) is 1. The number of nitrogens with one attached hydrogen (secondary N) is 1. The Hall–Kier alpha value is -0.920. The normalized spacial score (nSPS) is 14.1. The minimum absolute atomic E-state index is 0.107. The Labute approximate surface area is 89.5 Å². The van der Waals surface area contributed by atoms with Crippen molar-refractivity contribution in [3.8, 4) is 0 Å². The highest BCUT2D eigenvalue weighted by atomic mass is 32.2. The van der Waals surface area contributed by atoms with Crippen LogP contribution in [0.5, 0.6) is 0 Å². The number of sulfonamides is 1. The second kappa shape index (κ2) is 4.73. The fourth-order valence-corrected chi connectivity index (χ4v) is 1.87. The summed E-state index contributed by atoms with van der Waals surface area (Å²) in [5, 5.41) is -0.585. The fraction of sp³-hybridized carbons (Fsp3) is 0.625. The molecule has 1 aromatic heterocycles. The molecule has 15 heavy (non-hydrogen) atoms. The molecule has 0 aromatic carbocycles. The summed E-state index contributed by atoms with van der Waals surface area (Å²) in [7, 11) is -1.52. The number of imidazole rings is 1. The van der Waals surface area contributed by atoms with Gasteiger partial charge in [0, 0.05) is 26.0 Å². The van der Waals surface area contributed by atoms with E-state index in [2.05, 4.69) is 9.71 Å². The predicted octanol–water partition coefficient (Wildman–Crippen LogP) is -0.813. The first kappa shape index (κ1) is 12.2. The molecule has 1 heterocycles. The van der Waals surface area contributed by atoms with Gasteiger partial charge in [0.15, 0.2) is 0 Å². The van der Waals surface area contributed by atoms with Gasteiger partial charge in [-0.2, -0.15) is 0 Å². The van der Waals surface area contributed by atoms with E-state index in [1.807, 2.05) is 7.05 Å². The molecule has 1 aromatic rings. The topological polar surface area (TPSA) is 90.0 Å². The molecule has 0 fully saturated rings. The van der Waals surface area contributed by atoms with Crippen molar-refractivity contribution in [2.45, 2.75) is 18.7 Å². The van der Waals surface area contributed by atoms with Gasteiger partial charge in [0.25, 0.3) is 0 Å². The van der Waals surface area contributed by atoms with E-state index in [-0.39, 0.29) is 13.1 Å². The lowest BCUT2D eigenvalue weighted by atomic mass is 10.5. The van der Waals surface area contributed by atoms with Gasteiger partial charge in [0.05, 0.1) is 11.8 Å². The fourth-order valence-electron chi connectivity index (χ4n) is 1.00. The maximum Gasteiger partial charge on any atom is 0.215 e. The highest BCUT2D eigenvalue weighted by Gasteiger charge is 2.18. The zero-order valence-electron chi connectivity index (χ0n) is 8.84. The van der Waals surface area contributed by atoms with E-state index in [0.717, 1.165) is 0 Å². The number of nitrogens with zero attached hydrogens (tertiary/aromatic N) is 2. The van der Waals surface area contributed by atoms with Crippen molar-refractivity contribution >= 4 is 10.0 Å². The van der Waals surface area contributed by atoms with Crippen LogP contribution in [0, 0.1) is 0 Å². The third kappa shape index (κ3) is 3.01. The van der Waals surface area contributed by atoms with Crippen LogP contribution in [0.25, 0.3) is 0 Å². The third-order valence-corrected chi connectivity index (χ3v) is 4.01. The minimum atomic E-state index is -3.33. The third-order valence-electron chi connectivity index (χ3n) is 2.21. The Morgan fingerprint density at radius 1 is 1.67 bits per heavy atom. The van der Waals surface area contributed by atoms with Crippen LogP contribution in [0.15, 0.2) is 12.4 Å². The predicted molar refractivity (Wildman–Crippen MR) is 57.5 cm³/mol. The number of aryl methyl sites for hydroxylation is 1. The highest BCUT2D eigenvalue weighted by Crippen LogP contribution is 1.99. The van der Waals surface area contributed by atoms with Crippen LogP contribution in [0.1, 0.15) is 12.7 Å².